The van der Waals surface area contributed by atoms with E-state index in [4.69, 9.17) is 5.11 Å². The van der Waals surface area contributed by atoms with E-state index in [1.807, 2.05) is 26.0 Å². The lowest BCUT2D eigenvalue weighted by molar-refractivity contribution is -0.134. The molecule has 0 radical (unpaired) electrons. The van der Waals surface area contributed by atoms with Gasteiger partial charge in [-0.25, -0.2) is 4.79 Å². The first-order chi connectivity index (χ1) is 12.4. The van der Waals surface area contributed by atoms with Gasteiger partial charge in [-0.05, 0) is 72.7 Å². The second-order valence-corrected chi connectivity index (χ2v) is 7.02. The molecule has 2 N–H and O–H groups in total. The molecular weight excluding hydrogens is 329 g/mol. The number of benzene rings is 2. The van der Waals surface area contributed by atoms with Crippen molar-refractivity contribution in [2.24, 2.45) is 0 Å². The zero-order chi connectivity index (χ0) is 18.7. The first-order valence-electron chi connectivity index (χ1n) is 9.03. The molecule has 1 aliphatic rings. The van der Waals surface area contributed by atoms with E-state index in [9.17, 15) is 9.18 Å². The Bertz CT molecular complexity index is 834. The largest absolute Gasteiger partial charge is 0.476 e. The molecule has 136 valence electrons. The van der Waals surface area contributed by atoms with Crippen LogP contribution in [-0.4, -0.2) is 17.1 Å². The zero-order valence-electron chi connectivity index (χ0n) is 15.2. The van der Waals surface area contributed by atoms with Crippen LogP contribution >= 0.6 is 0 Å². The molecule has 0 amide bonds. The number of halogens is 1. The van der Waals surface area contributed by atoms with E-state index in [0.29, 0.717) is 11.6 Å². The van der Waals surface area contributed by atoms with Gasteiger partial charge in [0.05, 0.1) is 0 Å². The third-order valence-electron chi connectivity index (χ3n) is 5.02. The molecule has 0 bridgehead atoms. The highest BCUT2D eigenvalue weighted by atomic mass is 19.1. The second-order valence-electron chi connectivity index (χ2n) is 7.02. The average molecular weight is 353 g/mol. The maximum atomic E-state index is 13.4. The minimum absolute atomic E-state index is 0.583. The summed E-state index contributed by atoms with van der Waals surface area (Å²) < 4.78 is 13.4. The van der Waals surface area contributed by atoms with E-state index in [1.54, 1.807) is 0 Å². The molecule has 0 heterocycles. The summed E-state index contributed by atoms with van der Waals surface area (Å²) in [5, 5.41) is 12.3. The molecule has 1 saturated carbocycles. The predicted molar refractivity (Wildman–Crippen MR) is 104 cm³/mol. The first-order valence-corrected chi connectivity index (χ1v) is 9.03. The minimum atomic E-state index is -1.54. The van der Waals surface area contributed by atoms with Crippen molar-refractivity contribution in [3.63, 3.8) is 0 Å². The molecule has 3 rings (SSSR count). The number of hydrogen-bond donors (Lipinski definition) is 2. The van der Waals surface area contributed by atoms with Crippen molar-refractivity contribution in [1.82, 2.24) is 0 Å². The number of carbonyl (C=O) groups is 1. The number of aryl methyl sites for hydroxylation is 2. The van der Waals surface area contributed by atoms with Crippen molar-refractivity contribution < 1.29 is 14.3 Å². The van der Waals surface area contributed by atoms with Crippen LogP contribution in [0.3, 0.4) is 0 Å². The van der Waals surface area contributed by atoms with Gasteiger partial charge in [0.2, 0.25) is 5.83 Å². The van der Waals surface area contributed by atoms with Gasteiger partial charge in [0.1, 0.15) is 0 Å². The lowest BCUT2D eigenvalue weighted by Crippen LogP contribution is -2.14. The highest BCUT2D eigenvalue weighted by Gasteiger charge is 2.14. The maximum Gasteiger partial charge on any atom is 0.364 e. The van der Waals surface area contributed by atoms with E-state index in [-0.39, 0.29) is 0 Å². The monoisotopic (exact) mass is 353 g/mol. The van der Waals surface area contributed by atoms with Crippen molar-refractivity contribution in [2.75, 3.05) is 5.32 Å². The van der Waals surface area contributed by atoms with E-state index in [0.717, 1.165) is 34.0 Å². The Labute approximate surface area is 153 Å². The van der Waals surface area contributed by atoms with Crippen LogP contribution in [0, 0.1) is 13.8 Å². The quantitative estimate of drug-likeness (QED) is 0.676. The second kappa shape index (κ2) is 7.73. The standard InChI is InChI=1S/C22H24FNO2/c1-14-12-20(15(2)11-17(14)13-21(23)22(25)26)16-7-9-19(10-8-16)24-18-5-3-4-6-18/h7-13,18,24H,3-6H2,1-2H3,(H,25,26). The molecule has 3 nitrogen and oxygen atoms in total. The Hall–Kier alpha value is -2.62. The maximum absolute atomic E-state index is 13.4. The van der Waals surface area contributed by atoms with Crippen molar-refractivity contribution in [2.45, 2.75) is 45.6 Å². The summed E-state index contributed by atoms with van der Waals surface area (Å²) in [5.74, 6) is -2.70. The summed E-state index contributed by atoms with van der Waals surface area (Å²) in [6, 6.07) is 12.8. The highest BCUT2D eigenvalue weighted by Crippen LogP contribution is 2.29. The van der Waals surface area contributed by atoms with Gasteiger partial charge >= 0.3 is 5.97 Å². The molecule has 1 aliphatic carbocycles. The fraction of sp³-hybridized carbons (Fsp3) is 0.318. The number of nitrogens with one attached hydrogen (secondary N) is 1. The van der Waals surface area contributed by atoms with E-state index < -0.39 is 11.8 Å². The summed E-state index contributed by atoms with van der Waals surface area (Å²) in [6.07, 6.45) is 6.15. The summed E-state index contributed by atoms with van der Waals surface area (Å²) in [7, 11) is 0. The van der Waals surface area contributed by atoms with Gasteiger partial charge in [0.15, 0.2) is 0 Å². The normalized spacial score (nSPS) is 15.3. The number of hydrogen-bond acceptors (Lipinski definition) is 2. The van der Waals surface area contributed by atoms with E-state index in [1.165, 1.54) is 25.7 Å². The van der Waals surface area contributed by atoms with Crippen LogP contribution in [0.1, 0.15) is 42.4 Å². The third kappa shape index (κ3) is 4.13. The zero-order valence-corrected chi connectivity index (χ0v) is 15.2. The minimum Gasteiger partial charge on any atom is -0.476 e. The fourth-order valence-electron chi connectivity index (χ4n) is 3.56. The Morgan fingerprint density at radius 3 is 2.38 bits per heavy atom. The van der Waals surface area contributed by atoms with Gasteiger partial charge in [-0.15, -0.1) is 0 Å². The van der Waals surface area contributed by atoms with Crippen LogP contribution in [-0.2, 0) is 4.79 Å². The summed E-state index contributed by atoms with van der Waals surface area (Å²) >= 11 is 0. The molecule has 2 aromatic rings. The Morgan fingerprint density at radius 2 is 1.77 bits per heavy atom. The molecule has 0 saturated heterocycles. The number of carboxylic acid groups (broad SMARTS) is 1. The number of carboxylic acids is 1. The smallest absolute Gasteiger partial charge is 0.364 e. The molecule has 0 aliphatic heterocycles. The number of anilines is 1. The predicted octanol–water partition coefficient (Wildman–Crippen LogP) is 5.72. The SMILES string of the molecule is Cc1cc(-c2ccc(NC3CCCC3)cc2)c(C)cc1C=C(F)C(=O)O. The lowest BCUT2D eigenvalue weighted by atomic mass is 9.94. The average Bonchev–Trinajstić information content (AvgIpc) is 3.11. The molecule has 0 spiro atoms. The van der Waals surface area contributed by atoms with Gasteiger partial charge in [-0.1, -0.05) is 37.1 Å². The fourth-order valence-corrected chi connectivity index (χ4v) is 3.56. The van der Waals surface area contributed by atoms with Crippen LogP contribution < -0.4 is 5.32 Å². The molecule has 0 unspecified atom stereocenters. The molecule has 0 atom stereocenters. The van der Waals surface area contributed by atoms with Crippen LogP contribution in [0.4, 0.5) is 10.1 Å². The molecule has 1 fully saturated rings. The molecule has 4 heteroatoms. The number of rotatable bonds is 5. The van der Waals surface area contributed by atoms with E-state index in [2.05, 4.69) is 29.6 Å². The Balaban J connectivity index is 1.83. The molecule has 26 heavy (non-hydrogen) atoms. The topological polar surface area (TPSA) is 49.3 Å². The van der Waals surface area contributed by atoms with Gasteiger partial charge in [0.25, 0.3) is 0 Å². The highest BCUT2D eigenvalue weighted by molar-refractivity contribution is 5.90. The van der Waals surface area contributed by atoms with Crippen LogP contribution in [0.2, 0.25) is 0 Å². The van der Waals surface area contributed by atoms with Crippen LogP contribution in [0.15, 0.2) is 42.2 Å². The molecular formula is C22H24FNO2. The van der Waals surface area contributed by atoms with Gasteiger partial charge in [-0.2, -0.15) is 4.39 Å². The summed E-state index contributed by atoms with van der Waals surface area (Å²) in [6.45, 7) is 3.81. The van der Waals surface area contributed by atoms with Gasteiger partial charge < -0.3 is 10.4 Å². The van der Waals surface area contributed by atoms with Gasteiger partial charge in [0, 0.05) is 11.7 Å². The van der Waals surface area contributed by atoms with Gasteiger partial charge in [-0.3, -0.25) is 0 Å². The Kier molecular flexibility index (Phi) is 5.40. The van der Waals surface area contributed by atoms with E-state index >= 15 is 0 Å². The summed E-state index contributed by atoms with van der Waals surface area (Å²) in [4.78, 5) is 10.7. The molecule has 2 aromatic carbocycles. The summed E-state index contributed by atoms with van der Waals surface area (Å²) in [5.41, 5.74) is 5.72. The first kappa shape index (κ1) is 18.2. The Morgan fingerprint density at radius 1 is 1.12 bits per heavy atom. The third-order valence-corrected chi connectivity index (χ3v) is 5.02. The van der Waals surface area contributed by atoms with Crippen LogP contribution in [0.25, 0.3) is 17.2 Å². The van der Waals surface area contributed by atoms with Crippen LogP contribution in [0.5, 0.6) is 0 Å². The van der Waals surface area contributed by atoms with Crippen molar-refractivity contribution in [3.8, 4) is 11.1 Å². The molecule has 0 aromatic heterocycles. The van der Waals surface area contributed by atoms with Crippen molar-refractivity contribution in [1.29, 1.82) is 0 Å². The van der Waals surface area contributed by atoms with Crippen molar-refractivity contribution in [3.05, 3.63) is 58.9 Å². The lowest BCUT2D eigenvalue weighted by Gasteiger charge is -2.15. The number of aliphatic carboxylic acids is 1. The van der Waals surface area contributed by atoms with Crippen molar-refractivity contribution >= 4 is 17.7 Å².